The molecular formula is C13H14N2O4. The Hall–Kier alpha value is -2.50. The number of phenolic OH excluding ortho intramolecular Hbond substituents is 1. The number of phenols is 1. The predicted octanol–water partition coefficient (Wildman–Crippen LogP) is 1.27. The summed E-state index contributed by atoms with van der Waals surface area (Å²) in [4.78, 5) is 10.7. The monoisotopic (exact) mass is 262 g/mol. The van der Waals surface area contributed by atoms with E-state index in [1.54, 1.807) is 22.9 Å². The van der Waals surface area contributed by atoms with Gasteiger partial charge in [0.25, 0.3) is 0 Å². The van der Waals surface area contributed by atoms with Gasteiger partial charge in [0.2, 0.25) is 5.88 Å². The van der Waals surface area contributed by atoms with Gasteiger partial charge in [-0.15, -0.1) is 0 Å². The molecule has 0 aliphatic carbocycles. The van der Waals surface area contributed by atoms with Crippen LogP contribution in [0, 0.1) is 0 Å². The Morgan fingerprint density at radius 3 is 2.89 bits per heavy atom. The minimum atomic E-state index is -0.935. The van der Waals surface area contributed by atoms with Crippen LogP contribution in [0.5, 0.6) is 11.6 Å². The maximum absolute atomic E-state index is 10.7. The number of hydrogen-bond acceptors (Lipinski definition) is 4. The summed E-state index contributed by atoms with van der Waals surface area (Å²) in [7, 11) is 1.47. The van der Waals surface area contributed by atoms with E-state index in [1.807, 2.05) is 6.07 Å². The summed E-state index contributed by atoms with van der Waals surface area (Å²) in [5, 5.41) is 22.3. The SMILES string of the molecule is COc1c(CC(=O)O)cnn1Cc1cccc(O)c1. The quantitative estimate of drug-likeness (QED) is 0.847. The summed E-state index contributed by atoms with van der Waals surface area (Å²) < 4.78 is 6.76. The van der Waals surface area contributed by atoms with Gasteiger partial charge in [0.15, 0.2) is 0 Å². The van der Waals surface area contributed by atoms with Gasteiger partial charge in [-0.1, -0.05) is 12.1 Å². The van der Waals surface area contributed by atoms with E-state index in [0.29, 0.717) is 18.0 Å². The molecule has 0 spiro atoms. The first-order valence-corrected chi connectivity index (χ1v) is 5.68. The molecule has 0 radical (unpaired) electrons. The van der Waals surface area contributed by atoms with Gasteiger partial charge < -0.3 is 14.9 Å². The second-order valence-electron chi connectivity index (χ2n) is 4.08. The molecule has 0 amide bonds. The fourth-order valence-corrected chi connectivity index (χ4v) is 1.87. The largest absolute Gasteiger partial charge is 0.508 e. The van der Waals surface area contributed by atoms with E-state index >= 15 is 0 Å². The van der Waals surface area contributed by atoms with Crippen LogP contribution in [0.4, 0.5) is 0 Å². The third-order valence-electron chi connectivity index (χ3n) is 2.64. The highest BCUT2D eigenvalue weighted by atomic mass is 16.5. The summed E-state index contributed by atoms with van der Waals surface area (Å²) in [5.74, 6) is -0.338. The molecule has 0 aliphatic heterocycles. The molecule has 0 unspecified atom stereocenters. The van der Waals surface area contributed by atoms with Gasteiger partial charge in [-0.05, 0) is 17.7 Å². The van der Waals surface area contributed by atoms with Crippen molar-refractivity contribution in [1.29, 1.82) is 0 Å². The highest BCUT2D eigenvalue weighted by molar-refractivity contribution is 5.70. The van der Waals surface area contributed by atoms with E-state index in [4.69, 9.17) is 9.84 Å². The average Bonchev–Trinajstić information content (AvgIpc) is 2.70. The van der Waals surface area contributed by atoms with Gasteiger partial charge in [0.05, 0.1) is 26.3 Å². The number of nitrogens with zero attached hydrogens (tertiary/aromatic N) is 2. The van der Waals surface area contributed by atoms with E-state index in [2.05, 4.69) is 5.10 Å². The van der Waals surface area contributed by atoms with Crippen molar-refractivity contribution < 1.29 is 19.7 Å². The molecule has 0 saturated heterocycles. The highest BCUT2D eigenvalue weighted by Gasteiger charge is 2.14. The molecule has 0 aliphatic rings. The molecule has 2 aromatic rings. The molecule has 0 atom stereocenters. The molecule has 2 rings (SSSR count). The van der Waals surface area contributed by atoms with Gasteiger partial charge in [0.1, 0.15) is 5.75 Å². The van der Waals surface area contributed by atoms with Crippen molar-refractivity contribution in [1.82, 2.24) is 9.78 Å². The highest BCUT2D eigenvalue weighted by Crippen LogP contribution is 2.21. The van der Waals surface area contributed by atoms with Gasteiger partial charge in [-0.3, -0.25) is 4.79 Å². The van der Waals surface area contributed by atoms with Crippen molar-refractivity contribution >= 4 is 5.97 Å². The van der Waals surface area contributed by atoms with Gasteiger partial charge in [0, 0.05) is 5.56 Å². The van der Waals surface area contributed by atoms with E-state index < -0.39 is 5.97 Å². The van der Waals surface area contributed by atoms with Crippen molar-refractivity contribution in [3.05, 3.63) is 41.6 Å². The maximum Gasteiger partial charge on any atom is 0.308 e. The molecule has 0 fully saturated rings. The van der Waals surface area contributed by atoms with Crippen LogP contribution in [0.2, 0.25) is 0 Å². The zero-order chi connectivity index (χ0) is 13.8. The summed E-state index contributed by atoms with van der Waals surface area (Å²) in [5.41, 5.74) is 1.37. The molecule has 0 saturated carbocycles. The zero-order valence-electron chi connectivity index (χ0n) is 10.4. The number of hydrogen-bond donors (Lipinski definition) is 2. The van der Waals surface area contributed by atoms with Crippen molar-refractivity contribution in [2.24, 2.45) is 0 Å². The summed E-state index contributed by atoms with van der Waals surface area (Å²) in [6, 6.07) is 6.79. The maximum atomic E-state index is 10.7. The zero-order valence-corrected chi connectivity index (χ0v) is 10.4. The Kier molecular flexibility index (Phi) is 3.70. The number of aromatic hydroxyl groups is 1. The summed E-state index contributed by atoms with van der Waals surface area (Å²) in [6.45, 7) is 0.400. The van der Waals surface area contributed by atoms with Crippen LogP contribution in [0.1, 0.15) is 11.1 Å². The molecule has 0 bridgehead atoms. The molecule has 19 heavy (non-hydrogen) atoms. The van der Waals surface area contributed by atoms with Crippen LogP contribution in [-0.2, 0) is 17.8 Å². The number of aliphatic carboxylic acids is 1. The lowest BCUT2D eigenvalue weighted by Gasteiger charge is -2.08. The van der Waals surface area contributed by atoms with Crippen LogP contribution in [0.15, 0.2) is 30.5 Å². The van der Waals surface area contributed by atoms with Crippen LogP contribution >= 0.6 is 0 Å². The third kappa shape index (κ3) is 3.04. The Balaban J connectivity index is 2.25. The Morgan fingerprint density at radius 2 is 2.26 bits per heavy atom. The van der Waals surface area contributed by atoms with Gasteiger partial charge in [-0.2, -0.15) is 5.10 Å². The molecule has 2 N–H and O–H groups in total. The first-order chi connectivity index (χ1) is 9.10. The number of ether oxygens (including phenoxy) is 1. The molecular weight excluding hydrogens is 248 g/mol. The Labute approximate surface area is 109 Å². The predicted molar refractivity (Wildman–Crippen MR) is 67.3 cm³/mol. The van der Waals surface area contributed by atoms with E-state index in [9.17, 15) is 9.90 Å². The lowest BCUT2D eigenvalue weighted by atomic mass is 10.2. The first kappa shape index (κ1) is 12.9. The molecule has 100 valence electrons. The van der Waals surface area contributed by atoms with Crippen molar-refractivity contribution in [3.63, 3.8) is 0 Å². The molecule has 1 aromatic heterocycles. The number of carbonyl (C=O) groups is 1. The number of aromatic nitrogens is 2. The van der Waals surface area contributed by atoms with Crippen LogP contribution in [0.25, 0.3) is 0 Å². The fourth-order valence-electron chi connectivity index (χ4n) is 1.87. The molecule has 1 heterocycles. The number of rotatable bonds is 5. The van der Waals surface area contributed by atoms with Gasteiger partial charge in [-0.25, -0.2) is 4.68 Å². The topological polar surface area (TPSA) is 84.6 Å². The van der Waals surface area contributed by atoms with E-state index in [0.717, 1.165) is 5.56 Å². The van der Waals surface area contributed by atoms with E-state index in [-0.39, 0.29) is 12.2 Å². The Morgan fingerprint density at radius 1 is 1.47 bits per heavy atom. The van der Waals surface area contributed by atoms with Crippen molar-refractivity contribution in [2.75, 3.05) is 7.11 Å². The molecule has 1 aromatic carbocycles. The fraction of sp³-hybridized carbons (Fsp3) is 0.231. The second kappa shape index (κ2) is 5.43. The van der Waals surface area contributed by atoms with Gasteiger partial charge >= 0.3 is 5.97 Å². The van der Waals surface area contributed by atoms with Crippen molar-refractivity contribution in [3.8, 4) is 11.6 Å². The second-order valence-corrected chi connectivity index (χ2v) is 4.08. The normalized spacial score (nSPS) is 10.4. The third-order valence-corrected chi connectivity index (χ3v) is 2.64. The smallest absolute Gasteiger partial charge is 0.308 e. The van der Waals surface area contributed by atoms with Crippen LogP contribution in [0.3, 0.4) is 0 Å². The van der Waals surface area contributed by atoms with Crippen molar-refractivity contribution in [2.45, 2.75) is 13.0 Å². The number of carboxylic acids is 1. The van der Waals surface area contributed by atoms with E-state index in [1.165, 1.54) is 13.3 Å². The summed E-state index contributed by atoms with van der Waals surface area (Å²) >= 11 is 0. The average molecular weight is 262 g/mol. The lowest BCUT2D eigenvalue weighted by molar-refractivity contribution is -0.136. The number of carboxylic acid groups (broad SMARTS) is 1. The summed E-state index contributed by atoms with van der Waals surface area (Å²) in [6.07, 6.45) is 1.35. The van der Waals surface area contributed by atoms with Crippen LogP contribution in [-0.4, -0.2) is 33.1 Å². The number of benzene rings is 1. The minimum absolute atomic E-state index is 0.136. The number of methoxy groups -OCH3 is 1. The van der Waals surface area contributed by atoms with Crippen LogP contribution < -0.4 is 4.74 Å². The molecule has 6 nitrogen and oxygen atoms in total. The lowest BCUT2D eigenvalue weighted by Crippen LogP contribution is -2.06. The molecule has 6 heteroatoms. The standard InChI is InChI=1S/C13H14N2O4/c1-19-13-10(6-12(17)18)7-14-15(13)8-9-3-2-4-11(16)5-9/h2-5,7,16H,6,8H2,1H3,(H,17,18). The first-order valence-electron chi connectivity index (χ1n) is 5.68. The minimum Gasteiger partial charge on any atom is -0.508 e. The Bertz CT molecular complexity index is 592.